The Bertz CT molecular complexity index is 367. The minimum absolute atomic E-state index is 0.487. The van der Waals surface area contributed by atoms with E-state index in [4.69, 9.17) is 0 Å². The van der Waals surface area contributed by atoms with Crippen LogP contribution in [0.25, 0.3) is 0 Å². The van der Waals surface area contributed by atoms with Crippen molar-refractivity contribution in [3.05, 3.63) is 0 Å². The van der Waals surface area contributed by atoms with E-state index < -0.39 is 10.0 Å². The lowest BCUT2D eigenvalue weighted by Gasteiger charge is -2.31. The Labute approximate surface area is 121 Å². The summed E-state index contributed by atoms with van der Waals surface area (Å²) in [4.78, 5) is 0. The van der Waals surface area contributed by atoms with Crippen LogP contribution in [0.4, 0.5) is 0 Å². The van der Waals surface area contributed by atoms with E-state index in [1.165, 1.54) is 30.6 Å². The molecule has 0 radical (unpaired) electrons. The van der Waals surface area contributed by atoms with Crippen LogP contribution < -0.4 is 5.32 Å². The molecule has 4 nitrogen and oxygen atoms in total. The van der Waals surface area contributed by atoms with Crippen molar-refractivity contribution in [2.24, 2.45) is 11.8 Å². The van der Waals surface area contributed by atoms with Crippen molar-refractivity contribution in [2.45, 2.75) is 25.7 Å². The van der Waals surface area contributed by atoms with Gasteiger partial charge in [0.25, 0.3) is 0 Å². The lowest BCUT2D eigenvalue weighted by molar-refractivity contribution is 0.257. The van der Waals surface area contributed by atoms with Gasteiger partial charge in [0.05, 0.1) is 6.26 Å². The monoisotopic (exact) mass is 306 g/mol. The van der Waals surface area contributed by atoms with Crippen molar-refractivity contribution < 1.29 is 8.42 Å². The van der Waals surface area contributed by atoms with Crippen LogP contribution in [0.2, 0.25) is 0 Å². The Morgan fingerprint density at radius 3 is 2.53 bits per heavy atom. The number of rotatable bonds is 5. The van der Waals surface area contributed by atoms with E-state index in [2.05, 4.69) is 17.1 Å². The Hall–Kier alpha value is 0.220. The molecule has 2 aliphatic heterocycles. The molecule has 0 aromatic rings. The zero-order valence-electron chi connectivity index (χ0n) is 11.8. The predicted octanol–water partition coefficient (Wildman–Crippen LogP) is 1.39. The Morgan fingerprint density at radius 2 is 1.84 bits per heavy atom. The molecule has 1 atom stereocenters. The van der Waals surface area contributed by atoms with Crippen molar-refractivity contribution in [2.75, 3.05) is 43.9 Å². The van der Waals surface area contributed by atoms with Crippen LogP contribution in [-0.4, -0.2) is 56.7 Å². The van der Waals surface area contributed by atoms with Crippen LogP contribution in [0.1, 0.15) is 25.7 Å². The molecule has 2 saturated heterocycles. The highest BCUT2D eigenvalue weighted by atomic mass is 32.2. The van der Waals surface area contributed by atoms with E-state index in [0.29, 0.717) is 19.0 Å². The second-order valence-corrected chi connectivity index (χ2v) is 9.05. The molecular formula is C13H26N2O2S2. The summed E-state index contributed by atoms with van der Waals surface area (Å²) in [7, 11) is -3.00. The zero-order valence-corrected chi connectivity index (χ0v) is 13.4. The summed E-state index contributed by atoms with van der Waals surface area (Å²) < 4.78 is 24.8. The SMILES string of the molecule is CS(=O)(=O)N1CCCC(CNCC2CCSCC2)C1. The van der Waals surface area contributed by atoms with Gasteiger partial charge in [0.15, 0.2) is 0 Å². The first-order valence-corrected chi connectivity index (χ1v) is 10.3. The van der Waals surface area contributed by atoms with Gasteiger partial charge in [-0.05, 0) is 62.1 Å². The maximum atomic E-state index is 11.6. The average molecular weight is 306 g/mol. The third-order valence-corrected chi connectivity index (χ3v) is 6.48. The zero-order chi connectivity index (χ0) is 13.7. The second kappa shape index (κ2) is 7.29. The smallest absolute Gasteiger partial charge is 0.211 e. The molecule has 0 amide bonds. The van der Waals surface area contributed by atoms with Gasteiger partial charge in [-0.1, -0.05) is 0 Å². The van der Waals surface area contributed by atoms with Crippen molar-refractivity contribution >= 4 is 21.8 Å². The van der Waals surface area contributed by atoms with Gasteiger partial charge < -0.3 is 5.32 Å². The first kappa shape index (κ1) is 15.6. The highest BCUT2D eigenvalue weighted by molar-refractivity contribution is 7.99. The number of hydrogen-bond acceptors (Lipinski definition) is 4. The van der Waals surface area contributed by atoms with Crippen LogP contribution >= 0.6 is 11.8 Å². The molecule has 0 spiro atoms. The van der Waals surface area contributed by atoms with E-state index in [-0.39, 0.29) is 0 Å². The summed E-state index contributed by atoms with van der Waals surface area (Å²) in [6.45, 7) is 3.48. The molecule has 112 valence electrons. The van der Waals surface area contributed by atoms with Crippen LogP contribution in [-0.2, 0) is 10.0 Å². The van der Waals surface area contributed by atoms with Gasteiger partial charge in [0, 0.05) is 13.1 Å². The van der Waals surface area contributed by atoms with E-state index in [9.17, 15) is 8.42 Å². The number of sulfonamides is 1. The third kappa shape index (κ3) is 5.25. The molecule has 0 bridgehead atoms. The van der Waals surface area contributed by atoms with Gasteiger partial charge >= 0.3 is 0 Å². The molecule has 19 heavy (non-hydrogen) atoms. The molecule has 0 aliphatic carbocycles. The van der Waals surface area contributed by atoms with Gasteiger partial charge in [-0.15, -0.1) is 0 Å². The molecule has 2 fully saturated rings. The minimum atomic E-state index is -3.00. The molecule has 2 rings (SSSR count). The van der Waals surface area contributed by atoms with Crippen LogP contribution in [0.15, 0.2) is 0 Å². The third-order valence-electron chi connectivity index (χ3n) is 4.16. The van der Waals surface area contributed by atoms with E-state index in [0.717, 1.165) is 31.8 Å². The van der Waals surface area contributed by atoms with Crippen LogP contribution in [0.5, 0.6) is 0 Å². The lowest BCUT2D eigenvalue weighted by atomic mass is 9.98. The summed E-state index contributed by atoms with van der Waals surface area (Å²) >= 11 is 2.06. The highest BCUT2D eigenvalue weighted by Crippen LogP contribution is 2.22. The topological polar surface area (TPSA) is 49.4 Å². The molecule has 6 heteroatoms. The summed E-state index contributed by atoms with van der Waals surface area (Å²) in [5, 5.41) is 3.57. The normalized spacial score (nSPS) is 27.5. The average Bonchev–Trinajstić information content (AvgIpc) is 2.39. The first-order valence-electron chi connectivity index (χ1n) is 7.29. The standard InChI is InChI=1S/C13H26N2O2S2/c1-19(16,17)15-6-2-3-13(11-15)10-14-9-12-4-7-18-8-5-12/h12-14H,2-11H2,1H3. The molecule has 1 N–H and O–H groups in total. The number of thioether (sulfide) groups is 1. The minimum Gasteiger partial charge on any atom is -0.316 e. The van der Waals surface area contributed by atoms with Gasteiger partial charge in [-0.3, -0.25) is 0 Å². The fourth-order valence-electron chi connectivity index (χ4n) is 2.94. The molecule has 2 aliphatic rings. The van der Waals surface area contributed by atoms with Gasteiger partial charge in [0.1, 0.15) is 0 Å². The van der Waals surface area contributed by atoms with Gasteiger partial charge in [-0.25, -0.2) is 12.7 Å². The molecule has 0 saturated carbocycles. The summed E-state index contributed by atoms with van der Waals surface area (Å²) in [6.07, 6.45) is 6.14. The summed E-state index contributed by atoms with van der Waals surface area (Å²) in [5.41, 5.74) is 0. The van der Waals surface area contributed by atoms with Crippen LogP contribution in [0.3, 0.4) is 0 Å². The fourth-order valence-corrected chi connectivity index (χ4v) is 5.08. The first-order chi connectivity index (χ1) is 9.05. The highest BCUT2D eigenvalue weighted by Gasteiger charge is 2.25. The number of nitrogens with one attached hydrogen (secondary N) is 1. The lowest BCUT2D eigenvalue weighted by Crippen LogP contribution is -2.43. The Balaban J connectivity index is 1.67. The molecular weight excluding hydrogens is 280 g/mol. The second-order valence-electron chi connectivity index (χ2n) is 5.84. The van der Waals surface area contributed by atoms with Gasteiger partial charge in [0.2, 0.25) is 10.0 Å². The molecule has 1 unspecified atom stereocenters. The Morgan fingerprint density at radius 1 is 1.16 bits per heavy atom. The van der Waals surface area contributed by atoms with E-state index in [1.54, 1.807) is 4.31 Å². The Kier molecular flexibility index (Phi) is 5.99. The van der Waals surface area contributed by atoms with Gasteiger partial charge in [-0.2, -0.15) is 11.8 Å². The summed E-state index contributed by atoms with van der Waals surface area (Å²) in [6, 6.07) is 0. The van der Waals surface area contributed by atoms with Crippen molar-refractivity contribution in [3.63, 3.8) is 0 Å². The molecule has 0 aromatic heterocycles. The van der Waals surface area contributed by atoms with Crippen molar-refractivity contribution in [1.29, 1.82) is 0 Å². The fraction of sp³-hybridized carbons (Fsp3) is 1.00. The number of piperidine rings is 1. The molecule has 2 heterocycles. The van der Waals surface area contributed by atoms with Crippen molar-refractivity contribution in [3.8, 4) is 0 Å². The largest absolute Gasteiger partial charge is 0.316 e. The summed E-state index contributed by atoms with van der Waals surface area (Å²) in [5.74, 6) is 3.92. The van der Waals surface area contributed by atoms with E-state index in [1.807, 2.05) is 0 Å². The number of hydrogen-bond donors (Lipinski definition) is 1. The van der Waals surface area contributed by atoms with Crippen LogP contribution in [0, 0.1) is 11.8 Å². The maximum Gasteiger partial charge on any atom is 0.211 e. The molecule has 0 aromatic carbocycles. The quantitative estimate of drug-likeness (QED) is 0.834. The van der Waals surface area contributed by atoms with E-state index >= 15 is 0 Å². The van der Waals surface area contributed by atoms with Crippen molar-refractivity contribution in [1.82, 2.24) is 9.62 Å². The predicted molar refractivity (Wildman–Crippen MR) is 82.1 cm³/mol. The maximum absolute atomic E-state index is 11.6. The number of nitrogens with zero attached hydrogens (tertiary/aromatic N) is 1.